The number of halogens is 1. The normalized spacial score (nSPS) is 12.0. The van der Waals surface area contributed by atoms with Crippen molar-refractivity contribution >= 4 is 11.9 Å². The van der Waals surface area contributed by atoms with E-state index in [1.54, 1.807) is 0 Å². The van der Waals surface area contributed by atoms with Crippen molar-refractivity contribution in [1.82, 2.24) is 5.32 Å². The van der Waals surface area contributed by atoms with E-state index in [0.717, 1.165) is 6.07 Å². The van der Waals surface area contributed by atoms with Crippen molar-refractivity contribution in [2.24, 2.45) is 11.8 Å². The summed E-state index contributed by atoms with van der Waals surface area (Å²) in [5.41, 5.74) is 0.224. The van der Waals surface area contributed by atoms with E-state index in [0.29, 0.717) is 6.42 Å². The van der Waals surface area contributed by atoms with E-state index in [2.05, 4.69) is 5.32 Å². The summed E-state index contributed by atoms with van der Waals surface area (Å²) in [6.07, 6.45) is 0.475. The Morgan fingerprint density at radius 3 is 2.57 bits per heavy atom. The Hall–Kier alpha value is -2.11. The largest absolute Gasteiger partial charge is 0.494 e. The highest BCUT2D eigenvalue weighted by atomic mass is 19.1. The van der Waals surface area contributed by atoms with Crippen molar-refractivity contribution in [3.63, 3.8) is 0 Å². The summed E-state index contributed by atoms with van der Waals surface area (Å²) in [6, 6.07) is 3.74. The number of carboxylic acids is 1. The van der Waals surface area contributed by atoms with Gasteiger partial charge in [-0.25, -0.2) is 4.39 Å². The van der Waals surface area contributed by atoms with Crippen LogP contribution in [-0.2, 0) is 4.79 Å². The topological polar surface area (TPSA) is 75.6 Å². The van der Waals surface area contributed by atoms with Gasteiger partial charge in [-0.2, -0.15) is 0 Å². The zero-order chi connectivity index (χ0) is 16.0. The Labute approximate surface area is 123 Å². The third-order valence-corrected chi connectivity index (χ3v) is 3.03. The maximum absolute atomic E-state index is 13.3. The van der Waals surface area contributed by atoms with Crippen LogP contribution >= 0.6 is 0 Å². The fourth-order valence-electron chi connectivity index (χ4n) is 1.96. The van der Waals surface area contributed by atoms with Crippen LogP contribution in [0.5, 0.6) is 5.75 Å². The average Bonchev–Trinajstić information content (AvgIpc) is 2.42. The van der Waals surface area contributed by atoms with Crippen molar-refractivity contribution in [2.45, 2.75) is 20.3 Å². The Kier molecular flexibility index (Phi) is 6.14. The number of hydrogen-bond donors (Lipinski definition) is 2. The maximum Gasteiger partial charge on any atom is 0.308 e. The Bertz CT molecular complexity index is 516. The standard InChI is InChI=1S/C15H20FNO4/c1-9(2)6-11(15(19)20)8-17-14(18)10-4-5-12(16)13(7-10)21-3/h4-5,7,9,11H,6,8H2,1-3H3,(H,17,18)(H,19,20). The molecule has 0 fully saturated rings. The van der Waals surface area contributed by atoms with E-state index >= 15 is 0 Å². The zero-order valence-electron chi connectivity index (χ0n) is 12.4. The van der Waals surface area contributed by atoms with Gasteiger partial charge in [0.15, 0.2) is 11.6 Å². The van der Waals surface area contributed by atoms with Crippen LogP contribution < -0.4 is 10.1 Å². The first kappa shape index (κ1) is 16.9. The highest BCUT2D eigenvalue weighted by Gasteiger charge is 2.20. The van der Waals surface area contributed by atoms with Crippen LogP contribution in [0.4, 0.5) is 4.39 Å². The van der Waals surface area contributed by atoms with Gasteiger partial charge < -0.3 is 15.2 Å². The van der Waals surface area contributed by atoms with Crippen LogP contribution in [0.15, 0.2) is 18.2 Å². The van der Waals surface area contributed by atoms with Crippen LogP contribution in [0.2, 0.25) is 0 Å². The minimum atomic E-state index is -0.944. The number of aliphatic carboxylic acids is 1. The highest BCUT2D eigenvalue weighted by Crippen LogP contribution is 2.18. The van der Waals surface area contributed by atoms with Crippen LogP contribution in [-0.4, -0.2) is 30.6 Å². The van der Waals surface area contributed by atoms with Gasteiger partial charge in [0.05, 0.1) is 13.0 Å². The van der Waals surface area contributed by atoms with Crippen LogP contribution in [0.25, 0.3) is 0 Å². The molecule has 5 nitrogen and oxygen atoms in total. The number of methoxy groups -OCH3 is 1. The fraction of sp³-hybridized carbons (Fsp3) is 0.467. The molecule has 1 unspecified atom stereocenters. The summed E-state index contributed by atoms with van der Waals surface area (Å²) in [5.74, 6) is -2.41. The van der Waals surface area contributed by atoms with Crippen LogP contribution in [0.1, 0.15) is 30.6 Å². The summed E-state index contributed by atoms with van der Waals surface area (Å²) in [5, 5.41) is 11.7. The SMILES string of the molecule is COc1cc(C(=O)NCC(CC(C)C)C(=O)O)ccc1F. The van der Waals surface area contributed by atoms with Crippen molar-refractivity contribution in [3.8, 4) is 5.75 Å². The van der Waals surface area contributed by atoms with E-state index in [1.807, 2.05) is 13.8 Å². The first-order valence-electron chi connectivity index (χ1n) is 6.69. The highest BCUT2D eigenvalue weighted by molar-refractivity contribution is 5.94. The second kappa shape index (κ2) is 7.61. The molecule has 1 aromatic carbocycles. The molecule has 0 aliphatic rings. The first-order valence-corrected chi connectivity index (χ1v) is 6.69. The lowest BCUT2D eigenvalue weighted by Crippen LogP contribution is -2.33. The molecular formula is C15H20FNO4. The minimum Gasteiger partial charge on any atom is -0.494 e. The minimum absolute atomic E-state index is 0.0281. The number of carboxylic acid groups (broad SMARTS) is 1. The molecule has 0 radical (unpaired) electrons. The van der Waals surface area contributed by atoms with E-state index in [4.69, 9.17) is 9.84 Å². The number of nitrogens with one attached hydrogen (secondary N) is 1. The molecule has 0 heterocycles. The molecule has 2 N–H and O–H groups in total. The Morgan fingerprint density at radius 2 is 2.05 bits per heavy atom. The van der Waals surface area contributed by atoms with Gasteiger partial charge in [-0.1, -0.05) is 13.8 Å². The molecule has 0 spiro atoms. The molecule has 0 saturated carbocycles. The summed E-state index contributed by atoms with van der Waals surface area (Å²) < 4.78 is 18.1. The number of amides is 1. The molecule has 0 bridgehead atoms. The third kappa shape index (κ3) is 5.06. The van der Waals surface area contributed by atoms with E-state index in [1.165, 1.54) is 19.2 Å². The fourth-order valence-corrected chi connectivity index (χ4v) is 1.96. The molecule has 21 heavy (non-hydrogen) atoms. The van der Waals surface area contributed by atoms with Crippen LogP contribution in [0.3, 0.4) is 0 Å². The molecule has 0 aromatic heterocycles. The predicted octanol–water partition coefficient (Wildman–Crippen LogP) is 2.31. The lowest BCUT2D eigenvalue weighted by molar-refractivity contribution is -0.142. The van der Waals surface area contributed by atoms with Gasteiger partial charge in [0.1, 0.15) is 0 Å². The molecular weight excluding hydrogens is 277 g/mol. The van der Waals surface area contributed by atoms with E-state index < -0.39 is 23.6 Å². The summed E-state index contributed by atoms with van der Waals surface area (Å²) in [7, 11) is 1.31. The number of benzene rings is 1. The van der Waals surface area contributed by atoms with Crippen molar-refractivity contribution in [1.29, 1.82) is 0 Å². The predicted molar refractivity (Wildman–Crippen MR) is 75.9 cm³/mol. The monoisotopic (exact) mass is 297 g/mol. The maximum atomic E-state index is 13.3. The van der Waals surface area contributed by atoms with Gasteiger partial charge in [0.25, 0.3) is 5.91 Å². The van der Waals surface area contributed by atoms with Crippen molar-refractivity contribution in [3.05, 3.63) is 29.6 Å². The number of carbonyl (C=O) groups excluding carboxylic acids is 1. The second-order valence-corrected chi connectivity index (χ2v) is 5.22. The number of rotatable bonds is 7. The molecule has 1 aromatic rings. The van der Waals surface area contributed by atoms with Crippen molar-refractivity contribution < 1.29 is 23.8 Å². The zero-order valence-corrected chi connectivity index (χ0v) is 12.4. The quantitative estimate of drug-likeness (QED) is 0.810. The lowest BCUT2D eigenvalue weighted by atomic mass is 9.97. The second-order valence-electron chi connectivity index (χ2n) is 5.22. The molecule has 6 heteroatoms. The smallest absolute Gasteiger partial charge is 0.308 e. The Balaban J connectivity index is 2.70. The third-order valence-electron chi connectivity index (χ3n) is 3.03. The van der Waals surface area contributed by atoms with E-state index in [-0.39, 0.29) is 23.8 Å². The van der Waals surface area contributed by atoms with Gasteiger partial charge in [0.2, 0.25) is 0 Å². The summed E-state index contributed by atoms with van der Waals surface area (Å²) >= 11 is 0. The van der Waals surface area contributed by atoms with Gasteiger partial charge in [-0.05, 0) is 30.5 Å². The Morgan fingerprint density at radius 1 is 1.38 bits per heavy atom. The van der Waals surface area contributed by atoms with Gasteiger partial charge in [0, 0.05) is 12.1 Å². The van der Waals surface area contributed by atoms with E-state index in [9.17, 15) is 14.0 Å². The van der Waals surface area contributed by atoms with Gasteiger partial charge in [-0.15, -0.1) is 0 Å². The average molecular weight is 297 g/mol. The lowest BCUT2D eigenvalue weighted by Gasteiger charge is -2.15. The van der Waals surface area contributed by atoms with Crippen LogP contribution in [0, 0.1) is 17.7 Å². The van der Waals surface area contributed by atoms with Gasteiger partial charge >= 0.3 is 5.97 Å². The summed E-state index contributed by atoms with van der Waals surface area (Å²) in [6.45, 7) is 3.87. The number of carbonyl (C=O) groups is 2. The number of hydrogen-bond acceptors (Lipinski definition) is 3. The molecule has 1 amide bonds. The molecule has 0 aliphatic heterocycles. The molecule has 0 saturated heterocycles. The number of ether oxygens (including phenoxy) is 1. The molecule has 1 rings (SSSR count). The first-order chi connectivity index (χ1) is 9.85. The molecule has 0 aliphatic carbocycles. The van der Waals surface area contributed by atoms with Crippen molar-refractivity contribution in [2.75, 3.05) is 13.7 Å². The molecule has 1 atom stereocenters. The van der Waals surface area contributed by atoms with Gasteiger partial charge in [-0.3, -0.25) is 9.59 Å². The summed E-state index contributed by atoms with van der Waals surface area (Å²) in [4.78, 5) is 23.1. The molecule has 116 valence electrons.